The molecule has 44 heavy (non-hydrogen) atoms. The molecule has 0 aliphatic rings. The van der Waals surface area contributed by atoms with Crippen molar-refractivity contribution < 1.29 is 22.7 Å². The van der Waals surface area contributed by atoms with E-state index in [4.69, 9.17) is 4.74 Å². The minimum Gasteiger partial charge on any atom is -0.492 e. The number of aromatic nitrogens is 2. The van der Waals surface area contributed by atoms with Gasteiger partial charge in [-0.3, -0.25) is 9.79 Å². The minimum absolute atomic E-state index is 0.0200. The van der Waals surface area contributed by atoms with Crippen LogP contribution >= 0.6 is 0 Å². The summed E-state index contributed by atoms with van der Waals surface area (Å²) < 4.78 is 44.0. The number of aliphatic imine (C=N–C) groups is 1. The molecule has 3 aromatic rings. The van der Waals surface area contributed by atoms with Crippen LogP contribution in [0.25, 0.3) is 5.57 Å². The molecule has 2 aromatic carbocycles. The first kappa shape index (κ1) is 35.7. The smallest absolute Gasteiger partial charge is 0.471 e. The van der Waals surface area contributed by atoms with Gasteiger partial charge in [-0.25, -0.2) is 9.97 Å². The zero-order chi connectivity index (χ0) is 32.7. The van der Waals surface area contributed by atoms with Crippen molar-refractivity contribution in [2.24, 2.45) is 10.9 Å². The average Bonchev–Trinajstić information content (AvgIpc) is 3.00. The van der Waals surface area contributed by atoms with Crippen molar-refractivity contribution in [3.63, 3.8) is 0 Å². The van der Waals surface area contributed by atoms with Gasteiger partial charge in [0.1, 0.15) is 12.4 Å². The Kier molecular flexibility index (Phi) is 14.2. The Hall–Kier alpha value is -4.51. The molecular formula is C33H41F3N6O2. The summed E-state index contributed by atoms with van der Waals surface area (Å²) in [6.45, 7) is 13.5. The van der Waals surface area contributed by atoms with E-state index in [0.717, 1.165) is 17.2 Å². The number of anilines is 3. The van der Waals surface area contributed by atoms with Crippen molar-refractivity contribution in [2.75, 3.05) is 37.9 Å². The van der Waals surface area contributed by atoms with Gasteiger partial charge in [0, 0.05) is 48.4 Å². The molecule has 0 fully saturated rings. The standard InChI is InChI=1S/C28H29F3N6O2.C5H12/c1-5-18(2)24(25(33-4)19-8-6-9-20(16-19)35-26(38)28(29,30)31)23-12-13-34-27(37-23)36-21-10-7-11-22(17-21)39-15-14-32-3;1-4-5(2)3/h5-13,16-17,32H,1,14-15H2,2-4H3,(H,35,38)(H,34,36,37);5H,4H2,1-3H3/b24-18+,33-25?;. The molecule has 0 saturated heterocycles. The van der Waals surface area contributed by atoms with Gasteiger partial charge in [0.15, 0.2) is 0 Å². The third-order valence-electron chi connectivity index (χ3n) is 6.25. The molecule has 3 rings (SSSR count). The maximum absolute atomic E-state index is 12.8. The number of carbonyl (C=O) groups excluding carboxylic acids is 1. The normalized spacial score (nSPS) is 12.1. The van der Waals surface area contributed by atoms with Gasteiger partial charge in [-0.2, -0.15) is 13.2 Å². The van der Waals surface area contributed by atoms with Gasteiger partial charge in [0.25, 0.3) is 0 Å². The molecule has 0 aliphatic heterocycles. The molecule has 236 valence electrons. The Balaban J connectivity index is 0.00000125. The summed E-state index contributed by atoms with van der Waals surface area (Å²) in [6.07, 6.45) is -0.483. The molecule has 0 unspecified atom stereocenters. The number of ether oxygens (including phenoxy) is 1. The predicted molar refractivity (Wildman–Crippen MR) is 173 cm³/mol. The highest BCUT2D eigenvalue weighted by Crippen LogP contribution is 2.27. The van der Waals surface area contributed by atoms with Crippen LogP contribution in [0.4, 0.5) is 30.5 Å². The van der Waals surface area contributed by atoms with Gasteiger partial charge in [-0.1, -0.05) is 58.0 Å². The summed E-state index contributed by atoms with van der Waals surface area (Å²) >= 11 is 0. The fourth-order valence-electron chi connectivity index (χ4n) is 3.57. The molecule has 3 N–H and O–H groups in total. The summed E-state index contributed by atoms with van der Waals surface area (Å²) in [7, 11) is 3.41. The molecular weight excluding hydrogens is 569 g/mol. The number of allylic oxidation sites excluding steroid dienone is 3. The lowest BCUT2D eigenvalue weighted by atomic mass is 9.94. The molecule has 8 nitrogen and oxygen atoms in total. The number of nitrogens with zero attached hydrogens (tertiary/aromatic N) is 3. The van der Waals surface area contributed by atoms with Crippen LogP contribution < -0.4 is 20.7 Å². The maximum atomic E-state index is 12.8. The lowest BCUT2D eigenvalue weighted by Crippen LogP contribution is -2.30. The molecule has 1 amide bonds. The lowest BCUT2D eigenvalue weighted by molar-refractivity contribution is -0.167. The van der Waals surface area contributed by atoms with Gasteiger partial charge >= 0.3 is 12.1 Å². The summed E-state index contributed by atoms with van der Waals surface area (Å²) in [5, 5.41) is 8.06. The van der Waals surface area contributed by atoms with Gasteiger partial charge in [-0.05, 0) is 55.8 Å². The molecule has 1 aromatic heterocycles. The van der Waals surface area contributed by atoms with Crippen molar-refractivity contribution in [1.82, 2.24) is 15.3 Å². The second-order valence-corrected chi connectivity index (χ2v) is 10.0. The maximum Gasteiger partial charge on any atom is 0.471 e. The molecule has 1 heterocycles. The third-order valence-corrected chi connectivity index (χ3v) is 6.25. The molecule has 0 spiro atoms. The van der Waals surface area contributed by atoms with E-state index in [1.54, 1.807) is 31.5 Å². The average molecular weight is 611 g/mol. The number of hydrogen-bond acceptors (Lipinski definition) is 7. The number of likely N-dealkylation sites (N-methyl/N-ethyl adjacent to an activating group) is 1. The van der Waals surface area contributed by atoms with Crippen LogP contribution in [0.3, 0.4) is 0 Å². The minimum atomic E-state index is -5.01. The second-order valence-electron chi connectivity index (χ2n) is 10.0. The predicted octanol–water partition coefficient (Wildman–Crippen LogP) is 7.45. The van der Waals surface area contributed by atoms with Crippen LogP contribution in [-0.4, -0.2) is 55.0 Å². The summed E-state index contributed by atoms with van der Waals surface area (Å²) in [5.41, 5.74) is 3.46. The van der Waals surface area contributed by atoms with Crippen LogP contribution in [0.1, 0.15) is 45.4 Å². The monoisotopic (exact) mass is 610 g/mol. The Labute approximate surface area is 257 Å². The first-order valence-corrected chi connectivity index (χ1v) is 14.2. The number of halogens is 3. The zero-order valence-corrected chi connectivity index (χ0v) is 26.0. The summed E-state index contributed by atoms with van der Waals surface area (Å²) in [6, 6.07) is 15.1. The van der Waals surface area contributed by atoms with Crippen LogP contribution in [0, 0.1) is 5.92 Å². The number of nitrogens with one attached hydrogen (secondary N) is 3. The van der Waals surface area contributed by atoms with Crippen molar-refractivity contribution in [1.29, 1.82) is 0 Å². The van der Waals surface area contributed by atoms with Gasteiger partial charge in [-0.15, -0.1) is 0 Å². The largest absolute Gasteiger partial charge is 0.492 e. The van der Waals surface area contributed by atoms with Crippen LogP contribution in [0.15, 0.2) is 84.0 Å². The van der Waals surface area contributed by atoms with Crippen LogP contribution in [-0.2, 0) is 4.79 Å². The van der Waals surface area contributed by atoms with E-state index in [2.05, 4.69) is 52.9 Å². The van der Waals surface area contributed by atoms with Gasteiger partial charge in [0.2, 0.25) is 5.95 Å². The van der Waals surface area contributed by atoms with E-state index < -0.39 is 12.1 Å². The number of amides is 1. The third kappa shape index (κ3) is 11.3. The van der Waals surface area contributed by atoms with Crippen molar-refractivity contribution >= 4 is 34.5 Å². The topological polar surface area (TPSA) is 101 Å². The number of carbonyl (C=O) groups is 1. The number of rotatable bonds is 12. The van der Waals surface area contributed by atoms with Crippen molar-refractivity contribution in [3.8, 4) is 5.75 Å². The molecule has 0 atom stereocenters. The summed E-state index contributed by atoms with van der Waals surface area (Å²) in [5.74, 6) is -0.172. The van der Waals surface area contributed by atoms with Crippen molar-refractivity contribution in [3.05, 3.63) is 90.3 Å². The lowest BCUT2D eigenvalue weighted by Gasteiger charge is -2.16. The van der Waals surface area contributed by atoms with E-state index in [-0.39, 0.29) is 5.69 Å². The Morgan fingerprint density at radius 2 is 1.80 bits per heavy atom. The highest BCUT2D eigenvalue weighted by Gasteiger charge is 2.38. The molecule has 0 saturated carbocycles. The molecule has 0 radical (unpaired) electrons. The quantitative estimate of drug-likeness (QED) is 0.112. The van der Waals surface area contributed by atoms with Crippen LogP contribution in [0.2, 0.25) is 0 Å². The first-order chi connectivity index (χ1) is 20.9. The summed E-state index contributed by atoms with van der Waals surface area (Å²) in [4.78, 5) is 24.8. The Bertz CT molecular complexity index is 1450. The Morgan fingerprint density at radius 3 is 2.41 bits per heavy atom. The van der Waals surface area contributed by atoms with E-state index >= 15 is 0 Å². The van der Waals surface area contributed by atoms with Gasteiger partial charge < -0.3 is 20.7 Å². The molecule has 0 aliphatic carbocycles. The van der Waals surface area contributed by atoms with Gasteiger partial charge in [0.05, 0.1) is 11.4 Å². The SMILES string of the molecule is C=C/C(C)=C(/C(=NC)c1cccc(NC(=O)C(F)(F)F)c1)c1ccnc(Nc2cccc(OCCNC)c2)n1.CCC(C)C. The molecule has 11 heteroatoms. The number of alkyl halides is 3. The zero-order valence-electron chi connectivity index (χ0n) is 26.0. The fraction of sp³-hybridized carbons (Fsp3) is 0.333. The fourth-order valence-corrected chi connectivity index (χ4v) is 3.57. The van der Waals surface area contributed by atoms with E-state index in [1.807, 2.05) is 43.6 Å². The second kappa shape index (κ2) is 17.6. The van der Waals surface area contributed by atoms with Crippen LogP contribution in [0.5, 0.6) is 5.75 Å². The number of benzene rings is 2. The number of hydrogen-bond donors (Lipinski definition) is 3. The van der Waals surface area contributed by atoms with E-state index in [0.29, 0.717) is 47.4 Å². The van der Waals surface area contributed by atoms with Crippen molar-refractivity contribution in [2.45, 2.75) is 40.3 Å². The van der Waals surface area contributed by atoms with E-state index in [1.165, 1.54) is 24.6 Å². The molecule has 0 bridgehead atoms. The highest BCUT2D eigenvalue weighted by atomic mass is 19.4. The first-order valence-electron chi connectivity index (χ1n) is 14.2. The Morgan fingerprint density at radius 1 is 1.11 bits per heavy atom. The van der Waals surface area contributed by atoms with E-state index in [9.17, 15) is 18.0 Å². The highest BCUT2D eigenvalue weighted by molar-refractivity contribution is 6.32.